The van der Waals surface area contributed by atoms with E-state index in [0.717, 1.165) is 0 Å². The number of hydrogen-bond donors (Lipinski definition) is 4. The maximum Gasteiger partial charge on any atom is 0.469 e. The van der Waals surface area contributed by atoms with Gasteiger partial charge in [-0.25, -0.2) is 23.9 Å². The predicted molar refractivity (Wildman–Crippen MR) is 85.0 cm³/mol. The molecule has 25 heavy (non-hydrogen) atoms. The van der Waals surface area contributed by atoms with Crippen LogP contribution in [0.15, 0.2) is 11.1 Å². The van der Waals surface area contributed by atoms with Gasteiger partial charge >= 0.3 is 13.5 Å². The van der Waals surface area contributed by atoms with E-state index in [0.29, 0.717) is 17.0 Å². The topological polar surface area (TPSA) is 163 Å². The van der Waals surface area contributed by atoms with Crippen molar-refractivity contribution in [1.82, 2.24) is 19.5 Å². The SMILES string of the molecule is CN(C)c1ncnc2c1[nH]c(=O)n2[C@H]1C[C@H](O)[C@@H](COP(=O)(O)O)O1. The van der Waals surface area contributed by atoms with Gasteiger partial charge in [-0.15, -0.1) is 0 Å². The number of nitrogens with one attached hydrogen (secondary N) is 1. The Morgan fingerprint density at radius 3 is 2.84 bits per heavy atom. The number of hydrogen-bond acceptors (Lipinski definition) is 8. The highest BCUT2D eigenvalue weighted by Gasteiger charge is 2.38. The minimum atomic E-state index is -4.68. The number of phosphoric ester groups is 1. The number of aromatic nitrogens is 4. The molecule has 0 amide bonds. The molecule has 0 bridgehead atoms. The van der Waals surface area contributed by atoms with Crippen LogP contribution in [-0.4, -0.2) is 67.3 Å². The van der Waals surface area contributed by atoms with Gasteiger partial charge in [0.1, 0.15) is 24.2 Å². The number of fused-ring (bicyclic) bond motifs is 1. The smallest absolute Gasteiger partial charge is 0.390 e. The average Bonchev–Trinajstić information content (AvgIpc) is 3.02. The van der Waals surface area contributed by atoms with Crippen LogP contribution in [0.25, 0.3) is 11.2 Å². The first-order valence-electron chi connectivity index (χ1n) is 7.33. The van der Waals surface area contributed by atoms with Gasteiger partial charge in [-0.05, 0) is 0 Å². The Morgan fingerprint density at radius 1 is 1.48 bits per heavy atom. The van der Waals surface area contributed by atoms with Crippen LogP contribution in [0.5, 0.6) is 0 Å². The van der Waals surface area contributed by atoms with Crippen molar-refractivity contribution in [3.05, 3.63) is 16.8 Å². The van der Waals surface area contributed by atoms with Crippen molar-refractivity contribution in [3.8, 4) is 0 Å². The summed E-state index contributed by atoms with van der Waals surface area (Å²) in [6.45, 7) is -0.503. The number of aliphatic hydroxyl groups is 1. The van der Waals surface area contributed by atoms with Crippen LogP contribution in [0.2, 0.25) is 0 Å². The fraction of sp³-hybridized carbons (Fsp3) is 0.583. The largest absolute Gasteiger partial charge is 0.469 e. The average molecular weight is 375 g/mol. The van der Waals surface area contributed by atoms with Gasteiger partial charge in [0.05, 0.1) is 12.7 Å². The number of ether oxygens (including phenoxy) is 1. The van der Waals surface area contributed by atoms with Crippen LogP contribution in [0, 0.1) is 0 Å². The predicted octanol–water partition coefficient (Wildman–Crippen LogP) is -1.06. The van der Waals surface area contributed by atoms with E-state index in [4.69, 9.17) is 14.5 Å². The van der Waals surface area contributed by atoms with E-state index in [2.05, 4.69) is 19.5 Å². The zero-order valence-electron chi connectivity index (χ0n) is 13.4. The minimum absolute atomic E-state index is 0.0450. The second-order valence-electron chi connectivity index (χ2n) is 5.81. The fourth-order valence-corrected chi connectivity index (χ4v) is 3.07. The van der Waals surface area contributed by atoms with Gasteiger partial charge in [0.15, 0.2) is 11.5 Å². The summed E-state index contributed by atoms with van der Waals surface area (Å²) in [4.78, 5) is 42.4. The quantitative estimate of drug-likeness (QED) is 0.474. The third kappa shape index (κ3) is 3.59. The third-order valence-electron chi connectivity index (χ3n) is 3.81. The van der Waals surface area contributed by atoms with Gasteiger partial charge in [0, 0.05) is 20.5 Å². The highest BCUT2D eigenvalue weighted by atomic mass is 31.2. The molecule has 0 radical (unpaired) electrons. The van der Waals surface area contributed by atoms with Gasteiger partial charge in [-0.3, -0.25) is 4.52 Å². The molecule has 12 nitrogen and oxygen atoms in total. The van der Waals surface area contributed by atoms with Crippen LogP contribution in [0.1, 0.15) is 12.6 Å². The lowest BCUT2D eigenvalue weighted by atomic mass is 10.2. The summed E-state index contributed by atoms with van der Waals surface area (Å²) in [6.07, 6.45) is -1.54. The molecule has 0 aromatic carbocycles. The van der Waals surface area contributed by atoms with Crippen LogP contribution in [-0.2, 0) is 13.8 Å². The fourth-order valence-electron chi connectivity index (χ4n) is 2.72. The van der Waals surface area contributed by atoms with E-state index in [1.807, 2.05) is 0 Å². The number of aromatic amines is 1. The summed E-state index contributed by atoms with van der Waals surface area (Å²) in [6, 6.07) is 0. The van der Waals surface area contributed by atoms with Gasteiger partial charge in [0.25, 0.3) is 0 Å². The number of rotatable bonds is 5. The molecule has 138 valence electrons. The molecule has 2 aromatic heterocycles. The Morgan fingerprint density at radius 2 is 2.20 bits per heavy atom. The van der Waals surface area contributed by atoms with Crippen molar-refractivity contribution < 1.29 is 28.7 Å². The summed E-state index contributed by atoms with van der Waals surface area (Å²) in [5.74, 6) is 0.515. The van der Waals surface area contributed by atoms with E-state index in [9.17, 15) is 14.5 Å². The number of phosphoric acid groups is 1. The molecule has 1 aliphatic heterocycles. The minimum Gasteiger partial charge on any atom is -0.390 e. The number of aliphatic hydroxyl groups excluding tert-OH is 1. The monoisotopic (exact) mass is 375 g/mol. The van der Waals surface area contributed by atoms with Crippen molar-refractivity contribution >= 4 is 24.8 Å². The van der Waals surface area contributed by atoms with E-state index in [1.54, 1.807) is 19.0 Å². The molecule has 1 aliphatic rings. The van der Waals surface area contributed by atoms with Crippen molar-refractivity contribution in [3.63, 3.8) is 0 Å². The number of nitrogens with zero attached hydrogens (tertiary/aromatic N) is 4. The van der Waals surface area contributed by atoms with Crippen molar-refractivity contribution in [2.75, 3.05) is 25.6 Å². The van der Waals surface area contributed by atoms with E-state index >= 15 is 0 Å². The maximum absolute atomic E-state index is 12.3. The van der Waals surface area contributed by atoms with Gasteiger partial charge in [-0.1, -0.05) is 0 Å². The highest BCUT2D eigenvalue weighted by molar-refractivity contribution is 7.46. The zero-order valence-corrected chi connectivity index (χ0v) is 14.3. The number of anilines is 1. The molecule has 3 atom stereocenters. The molecule has 1 saturated heterocycles. The van der Waals surface area contributed by atoms with E-state index < -0.39 is 38.6 Å². The molecular formula is C12H18N5O7P. The Bertz CT molecular complexity index is 874. The zero-order chi connectivity index (χ0) is 18.4. The summed E-state index contributed by atoms with van der Waals surface area (Å²) >= 11 is 0. The second kappa shape index (κ2) is 6.48. The van der Waals surface area contributed by atoms with Gasteiger partial charge in [-0.2, -0.15) is 0 Å². The van der Waals surface area contributed by atoms with E-state index in [1.165, 1.54) is 10.9 Å². The van der Waals surface area contributed by atoms with Crippen LogP contribution < -0.4 is 10.6 Å². The lowest BCUT2D eigenvalue weighted by Gasteiger charge is -2.16. The normalized spacial score (nSPS) is 24.1. The third-order valence-corrected chi connectivity index (χ3v) is 4.29. The Balaban J connectivity index is 1.90. The summed E-state index contributed by atoms with van der Waals surface area (Å²) < 4.78 is 22.0. The lowest BCUT2D eigenvalue weighted by Crippen LogP contribution is -2.26. The molecule has 0 unspecified atom stereocenters. The first-order valence-corrected chi connectivity index (χ1v) is 8.86. The van der Waals surface area contributed by atoms with Gasteiger partial charge < -0.3 is 29.5 Å². The Hall–Kier alpha value is -1.82. The molecule has 0 spiro atoms. The molecular weight excluding hydrogens is 357 g/mol. The molecule has 4 N–H and O–H groups in total. The number of imidazole rings is 1. The van der Waals surface area contributed by atoms with E-state index in [-0.39, 0.29) is 6.42 Å². The summed E-state index contributed by atoms with van der Waals surface area (Å²) in [7, 11) is -1.15. The van der Waals surface area contributed by atoms with Crippen molar-refractivity contribution in [2.45, 2.75) is 24.9 Å². The molecule has 0 saturated carbocycles. The second-order valence-corrected chi connectivity index (χ2v) is 7.05. The maximum atomic E-state index is 12.3. The first kappa shape index (κ1) is 18.0. The molecule has 3 heterocycles. The summed E-state index contributed by atoms with van der Waals surface area (Å²) in [5, 5.41) is 10.0. The molecule has 13 heteroatoms. The molecule has 3 rings (SSSR count). The molecule has 2 aromatic rings. The van der Waals surface area contributed by atoms with Gasteiger partial charge in [0.2, 0.25) is 0 Å². The Kier molecular flexibility index (Phi) is 4.66. The number of H-pyrrole nitrogens is 1. The molecule has 1 fully saturated rings. The lowest BCUT2D eigenvalue weighted by molar-refractivity contribution is -0.0433. The molecule has 0 aliphatic carbocycles. The summed E-state index contributed by atoms with van der Waals surface area (Å²) in [5.41, 5.74) is 0.232. The van der Waals surface area contributed by atoms with Crippen molar-refractivity contribution in [2.24, 2.45) is 0 Å². The first-order chi connectivity index (χ1) is 11.7. The van der Waals surface area contributed by atoms with Crippen LogP contribution in [0.4, 0.5) is 5.82 Å². The Labute approximate surface area is 141 Å². The van der Waals surface area contributed by atoms with Crippen LogP contribution >= 0.6 is 7.82 Å². The highest BCUT2D eigenvalue weighted by Crippen LogP contribution is 2.38. The van der Waals surface area contributed by atoms with Crippen molar-refractivity contribution in [1.29, 1.82) is 0 Å². The standard InChI is InChI=1S/C12H18N5O7P/c1-16(2)10-9-11(14-5-13-10)17(12(19)15-9)8-3-6(18)7(24-8)4-23-25(20,21)22/h5-8,18H,3-4H2,1-2H3,(H,15,19)(H2,20,21,22)/t6-,7+,8+/m0/s1. The van der Waals surface area contributed by atoms with Crippen LogP contribution in [0.3, 0.4) is 0 Å².